The van der Waals surface area contributed by atoms with Crippen LogP contribution >= 0.6 is 11.3 Å². The molecule has 2 aliphatic rings. The van der Waals surface area contributed by atoms with Crippen LogP contribution in [0.1, 0.15) is 66.4 Å². The zero-order chi connectivity index (χ0) is 19.2. The molecule has 27 heavy (non-hydrogen) atoms. The van der Waals surface area contributed by atoms with Crippen LogP contribution in [0.3, 0.4) is 0 Å². The smallest absolute Gasteiger partial charge is 0.261 e. The molecule has 0 spiro atoms. The van der Waals surface area contributed by atoms with Crippen LogP contribution in [0, 0.1) is 6.92 Å². The topological polar surface area (TPSA) is 52.7 Å². The highest BCUT2D eigenvalue weighted by atomic mass is 32.1. The summed E-state index contributed by atoms with van der Waals surface area (Å²) in [6.45, 7) is 7.21. The normalized spacial score (nSPS) is 19.8. The van der Waals surface area contributed by atoms with Gasteiger partial charge in [0.25, 0.3) is 5.91 Å². The van der Waals surface area contributed by atoms with Gasteiger partial charge in [0, 0.05) is 36.6 Å². The van der Waals surface area contributed by atoms with Crippen molar-refractivity contribution in [1.82, 2.24) is 15.1 Å². The number of carbonyl (C=O) groups excluding carboxylic acids is 2. The van der Waals surface area contributed by atoms with Crippen molar-refractivity contribution in [2.24, 2.45) is 0 Å². The third-order valence-electron chi connectivity index (χ3n) is 5.92. The fourth-order valence-corrected chi connectivity index (χ4v) is 5.13. The first-order valence-corrected chi connectivity index (χ1v) is 11.3. The van der Waals surface area contributed by atoms with E-state index in [0.717, 1.165) is 55.1 Å². The number of rotatable bonds is 6. The second-order valence-electron chi connectivity index (χ2n) is 7.91. The van der Waals surface area contributed by atoms with Crippen LogP contribution in [0.2, 0.25) is 0 Å². The summed E-state index contributed by atoms with van der Waals surface area (Å²) in [6.07, 6.45) is 7.97. The first kappa shape index (κ1) is 20.3. The van der Waals surface area contributed by atoms with E-state index in [4.69, 9.17) is 0 Å². The third kappa shape index (κ3) is 5.55. The molecule has 3 rings (SSSR count). The van der Waals surface area contributed by atoms with Crippen molar-refractivity contribution in [3.63, 3.8) is 0 Å². The van der Waals surface area contributed by atoms with Crippen molar-refractivity contribution < 1.29 is 9.59 Å². The van der Waals surface area contributed by atoms with Crippen LogP contribution in [-0.2, 0) is 4.79 Å². The number of nitrogens with zero attached hydrogens (tertiary/aromatic N) is 2. The third-order valence-corrected chi connectivity index (χ3v) is 6.92. The molecule has 5 nitrogen and oxygen atoms in total. The SMILES string of the molecule is CCN(C(=O)CN1CCC(NC(=O)c2ccc(C)s2)CC1)C1CCCCC1. The van der Waals surface area contributed by atoms with E-state index in [2.05, 4.69) is 22.0 Å². The van der Waals surface area contributed by atoms with Crippen molar-refractivity contribution in [2.45, 2.75) is 70.9 Å². The Morgan fingerprint density at radius 1 is 1.15 bits per heavy atom. The molecule has 2 heterocycles. The summed E-state index contributed by atoms with van der Waals surface area (Å²) in [7, 11) is 0. The maximum Gasteiger partial charge on any atom is 0.261 e. The molecule has 1 saturated carbocycles. The maximum atomic E-state index is 12.8. The predicted octanol–water partition coefficient (Wildman–Crippen LogP) is 3.43. The Balaban J connectivity index is 1.43. The van der Waals surface area contributed by atoms with E-state index >= 15 is 0 Å². The molecule has 2 amide bonds. The van der Waals surface area contributed by atoms with Gasteiger partial charge in [0.2, 0.25) is 5.91 Å². The first-order chi connectivity index (χ1) is 13.1. The number of nitrogens with one attached hydrogen (secondary N) is 1. The molecule has 1 saturated heterocycles. The highest BCUT2D eigenvalue weighted by Gasteiger charge is 2.27. The number of thiophene rings is 1. The summed E-state index contributed by atoms with van der Waals surface area (Å²) < 4.78 is 0. The van der Waals surface area contributed by atoms with Crippen LogP contribution in [-0.4, -0.2) is 59.9 Å². The molecule has 0 unspecified atom stereocenters. The Labute approximate surface area is 167 Å². The number of piperidine rings is 1. The summed E-state index contributed by atoms with van der Waals surface area (Å²) in [4.78, 5) is 31.4. The van der Waals surface area contributed by atoms with Gasteiger partial charge in [-0.1, -0.05) is 19.3 Å². The lowest BCUT2D eigenvalue weighted by molar-refractivity contribution is -0.135. The summed E-state index contributed by atoms with van der Waals surface area (Å²) in [5.41, 5.74) is 0. The molecule has 0 bridgehead atoms. The van der Waals surface area contributed by atoms with E-state index < -0.39 is 0 Å². The Kier molecular flexibility index (Phi) is 7.30. The molecule has 0 radical (unpaired) electrons. The molecule has 1 aliphatic carbocycles. The van der Waals surface area contributed by atoms with Crippen LogP contribution in [0.4, 0.5) is 0 Å². The second-order valence-corrected chi connectivity index (χ2v) is 9.19. The number of likely N-dealkylation sites (N-methyl/N-ethyl adjacent to an activating group) is 1. The first-order valence-electron chi connectivity index (χ1n) is 10.5. The van der Waals surface area contributed by atoms with Gasteiger partial charge < -0.3 is 10.2 Å². The van der Waals surface area contributed by atoms with Gasteiger partial charge in [-0.05, 0) is 51.7 Å². The minimum atomic E-state index is 0.0390. The molecule has 1 N–H and O–H groups in total. The van der Waals surface area contributed by atoms with Gasteiger partial charge in [-0.15, -0.1) is 11.3 Å². The molecule has 0 atom stereocenters. The monoisotopic (exact) mass is 391 g/mol. The fourth-order valence-electron chi connectivity index (χ4n) is 4.36. The van der Waals surface area contributed by atoms with Gasteiger partial charge in [-0.3, -0.25) is 14.5 Å². The molecule has 1 aliphatic heterocycles. The standard InChI is InChI=1S/C21H33N3O2S/c1-3-24(18-7-5-4-6-8-18)20(25)15-23-13-11-17(12-14-23)22-21(26)19-10-9-16(2)27-19/h9-10,17-18H,3-8,11-15H2,1-2H3,(H,22,26). The van der Waals surface area contributed by atoms with Crippen molar-refractivity contribution >= 4 is 23.2 Å². The van der Waals surface area contributed by atoms with Gasteiger partial charge in [0.15, 0.2) is 0 Å². The molecule has 0 aromatic carbocycles. The number of hydrogen-bond donors (Lipinski definition) is 1. The lowest BCUT2D eigenvalue weighted by Gasteiger charge is -2.37. The number of likely N-dealkylation sites (tertiary alicyclic amines) is 1. The van der Waals surface area contributed by atoms with Crippen LogP contribution in [0.15, 0.2) is 12.1 Å². The quantitative estimate of drug-likeness (QED) is 0.808. The molecular weight excluding hydrogens is 358 g/mol. The Morgan fingerprint density at radius 2 is 1.85 bits per heavy atom. The molecule has 1 aromatic heterocycles. The van der Waals surface area contributed by atoms with Crippen LogP contribution in [0.25, 0.3) is 0 Å². The molecule has 2 fully saturated rings. The van der Waals surface area contributed by atoms with Crippen LogP contribution < -0.4 is 5.32 Å². The van der Waals surface area contributed by atoms with E-state index in [9.17, 15) is 9.59 Å². The van der Waals surface area contributed by atoms with Crippen molar-refractivity contribution in [3.05, 3.63) is 21.9 Å². The largest absolute Gasteiger partial charge is 0.349 e. The molecular formula is C21H33N3O2S. The summed E-state index contributed by atoms with van der Waals surface area (Å²) in [5.74, 6) is 0.318. The van der Waals surface area contributed by atoms with E-state index in [1.165, 1.54) is 30.6 Å². The zero-order valence-electron chi connectivity index (χ0n) is 16.7. The van der Waals surface area contributed by atoms with Crippen LogP contribution in [0.5, 0.6) is 0 Å². The van der Waals surface area contributed by atoms with Gasteiger partial charge in [0.1, 0.15) is 0 Å². The van der Waals surface area contributed by atoms with E-state index in [0.29, 0.717) is 12.6 Å². The lowest BCUT2D eigenvalue weighted by Crippen LogP contribution is -2.50. The maximum absolute atomic E-state index is 12.8. The highest BCUT2D eigenvalue weighted by Crippen LogP contribution is 2.23. The summed E-state index contributed by atoms with van der Waals surface area (Å²) >= 11 is 1.54. The van der Waals surface area contributed by atoms with Gasteiger partial charge >= 0.3 is 0 Å². The summed E-state index contributed by atoms with van der Waals surface area (Å²) in [6, 6.07) is 4.54. The van der Waals surface area contributed by atoms with Crippen molar-refractivity contribution in [1.29, 1.82) is 0 Å². The second kappa shape index (κ2) is 9.69. The van der Waals surface area contributed by atoms with Crippen molar-refractivity contribution in [3.8, 4) is 0 Å². The minimum absolute atomic E-state index is 0.0390. The average Bonchev–Trinajstić information content (AvgIpc) is 3.11. The average molecular weight is 392 g/mol. The number of carbonyl (C=O) groups is 2. The molecule has 150 valence electrons. The number of amides is 2. The minimum Gasteiger partial charge on any atom is -0.349 e. The van der Waals surface area contributed by atoms with E-state index in [1.807, 2.05) is 19.1 Å². The Bertz CT molecular complexity index is 631. The van der Waals surface area contributed by atoms with Crippen molar-refractivity contribution in [2.75, 3.05) is 26.2 Å². The molecule has 1 aromatic rings. The Hall–Kier alpha value is -1.40. The number of hydrogen-bond acceptors (Lipinski definition) is 4. The van der Waals surface area contributed by atoms with Gasteiger partial charge in [-0.25, -0.2) is 0 Å². The summed E-state index contributed by atoms with van der Waals surface area (Å²) in [5, 5.41) is 3.16. The lowest BCUT2D eigenvalue weighted by atomic mass is 9.94. The highest BCUT2D eigenvalue weighted by molar-refractivity contribution is 7.13. The fraction of sp³-hybridized carbons (Fsp3) is 0.714. The van der Waals surface area contributed by atoms with E-state index in [-0.39, 0.29) is 17.9 Å². The van der Waals surface area contributed by atoms with Gasteiger partial charge in [0.05, 0.1) is 11.4 Å². The Morgan fingerprint density at radius 3 is 2.44 bits per heavy atom. The molecule has 6 heteroatoms. The van der Waals surface area contributed by atoms with Gasteiger partial charge in [-0.2, -0.15) is 0 Å². The predicted molar refractivity (Wildman–Crippen MR) is 110 cm³/mol. The zero-order valence-corrected chi connectivity index (χ0v) is 17.5. The number of aryl methyl sites for hydroxylation is 1. The van der Waals surface area contributed by atoms with E-state index in [1.54, 1.807) is 0 Å².